The molecule has 128 valence electrons. The Balaban J connectivity index is 2.00. The van der Waals surface area contributed by atoms with Crippen molar-refractivity contribution in [2.45, 2.75) is 46.3 Å². The van der Waals surface area contributed by atoms with E-state index in [0.29, 0.717) is 12.6 Å². The van der Waals surface area contributed by atoms with Crippen LogP contribution in [0.5, 0.6) is 0 Å². The van der Waals surface area contributed by atoms with Crippen LogP contribution in [-0.2, 0) is 11.3 Å². The molecule has 1 aliphatic rings. The molecule has 1 heterocycles. The molecule has 1 N–H and O–H groups in total. The first-order chi connectivity index (χ1) is 11.1. The Morgan fingerprint density at radius 2 is 2.09 bits per heavy atom. The molecule has 1 saturated heterocycles. The van der Waals surface area contributed by atoms with Crippen LogP contribution in [0.2, 0.25) is 0 Å². The lowest BCUT2D eigenvalue weighted by molar-refractivity contribution is 0.0263. The lowest BCUT2D eigenvalue weighted by atomic mass is 10.1. The van der Waals surface area contributed by atoms with E-state index in [9.17, 15) is 0 Å². The maximum atomic E-state index is 5.74. The number of benzene rings is 1. The van der Waals surface area contributed by atoms with E-state index >= 15 is 0 Å². The van der Waals surface area contributed by atoms with Crippen molar-refractivity contribution in [3.05, 3.63) is 33.8 Å². The summed E-state index contributed by atoms with van der Waals surface area (Å²) >= 11 is 3.51. The van der Waals surface area contributed by atoms with Crippen molar-refractivity contribution in [1.82, 2.24) is 10.2 Å². The first-order valence-electron chi connectivity index (χ1n) is 8.54. The molecule has 5 heteroatoms. The summed E-state index contributed by atoms with van der Waals surface area (Å²) in [7, 11) is 0. The smallest absolute Gasteiger partial charge is 0.194 e. The molecule has 0 aromatic heterocycles. The fourth-order valence-electron chi connectivity index (χ4n) is 2.89. The summed E-state index contributed by atoms with van der Waals surface area (Å²) in [6, 6.07) is 6.37. The normalized spacial score (nSPS) is 16.7. The number of aryl methyl sites for hydroxylation is 1. The maximum Gasteiger partial charge on any atom is 0.194 e. The second-order valence-electron chi connectivity index (χ2n) is 5.88. The van der Waals surface area contributed by atoms with E-state index in [1.165, 1.54) is 11.1 Å². The molecular weight excluding hydrogens is 354 g/mol. The Labute approximate surface area is 148 Å². The van der Waals surface area contributed by atoms with Gasteiger partial charge in [-0.25, -0.2) is 4.99 Å². The van der Waals surface area contributed by atoms with Crippen LogP contribution in [0.1, 0.15) is 37.8 Å². The summed E-state index contributed by atoms with van der Waals surface area (Å²) in [4.78, 5) is 7.20. The first kappa shape index (κ1) is 18.3. The van der Waals surface area contributed by atoms with Crippen molar-refractivity contribution in [2.24, 2.45) is 4.99 Å². The third-order valence-electron chi connectivity index (χ3n) is 4.18. The predicted molar refractivity (Wildman–Crippen MR) is 99.9 cm³/mol. The summed E-state index contributed by atoms with van der Waals surface area (Å²) in [5.41, 5.74) is 2.54. The number of nitrogens with zero attached hydrogens (tertiary/aromatic N) is 2. The number of guanidine groups is 1. The SMILES string of the molecule is CCNC(=NCc1ccc(Br)cc1C)N1CCC(OCC)CC1. The first-order valence-corrected chi connectivity index (χ1v) is 9.33. The number of ether oxygens (including phenoxy) is 1. The molecule has 0 radical (unpaired) electrons. The highest BCUT2D eigenvalue weighted by atomic mass is 79.9. The van der Waals surface area contributed by atoms with E-state index in [4.69, 9.17) is 9.73 Å². The lowest BCUT2D eigenvalue weighted by Crippen LogP contribution is -2.47. The minimum absolute atomic E-state index is 0.410. The second-order valence-corrected chi connectivity index (χ2v) is 6.80. The Morgan fingerprint density at radius 3 is 2.70 bits per heavy atom. The van der Waals surface area contributed by atoms with Gasteiger partial charge in [0.1, 0.15) is 0 Å². The van der Waals surface area contributed by atoms with Crippen LogP contribution in [-0.4, -0.2) is 43.2 Å². The van der Waals surface area contributed by atoms with E-state index in [1.807, 2.05) is 0 Å². The maximum absolute atomic E-state index is 5.74. The zero-order valence-electron chi connectivity index (χ0n) is 14.4. The molecule has 0 amide bonds. The Morgan fingerprint density at radius 1 is 1.35 bits per heavy atom. The zero-order valence-corrected chi connectivity index (χ0v) is 16.0. The third kappa shape index (κ3) is 5.50. The molecule has 23 heavy (non-hydrogen) atoms. The van der Waals surface area contributed by atoms with Crippen LogP contribution in [0.15, 0.2) is 27.7 Å². The molecule has 1 fully saturated rings. The number of hydrogen-bond donors (Lipinski definition) is 1. The zero-order chi connectivity index (χ0) is 16.7. The monoisotopic (exact) mass is 381 g/mol. The summed E-state index contributed by atoms with van der Waals surface area (Å²) in [5.74, 6) is 1.02. The van der Waals surface area contributed by atoms with E-state index in [0.717, 1.165) is 49.5 Å². The van der Waals surface area contributed by atoms with Gasteiger partial charge in [-0.15, -0.1) is 0 Å². The van der Waals surface area contributed by atoms with Crippen molar-refractivity contribution in [3.8, 4) is 0 Å². The van der Waals surface area contributed by atoms with E-state index in [1.54, 1.807) is 0 Å². The van der Waals surface area contributed by atoms with E-state index in [2.05, 4.69) is 65.1 Å². The van der Waals surface area contributed by atoms with E-state index in [-0.39, 0.29) is 0 Å². The van der Waals surface area contributed by atoms with Crippen molar-refractivity contribution in [3.63, 3.8) is 0 Å². The van der Waals surface area contributed by atoms with Gasteiger partial charge in [0.05, 0.1) is 12.6 Å². The highest BCUT2D eigenvalue weighted by Gasteiger charge is 2.21. The minimum Gasteiger partial charge on any atom is -0.378 e. The number of hydrogen-bond acceptors (Lipinski definition) is 2. The van der Waals surface area contributed by atoms with Crippen LogP contribution in [0, 0.1) is 6.92 Å². The Kier molecular flexibility index (Phi) is 7.37. The molecule has 1 aliphatic heterocycles. The van der Waals surface area contributed by atoms with E-state index < -0.39 is 0 Å². The molecule has 4 nitrogen and oxygen atoms in total. The molecule has 0 atom stereocenters. The fourth-order valence-corrected chi connectivity index (χ4v) is 3.37. The van der Waals surface area contributed by atoms with Crippen molar-refractivity contribution < 1.29 is 4.74 Å². The summed E-state index contributed by atoms with van der Waals surface area (Å²) in [5, 5.41) is 3.43. The Hall–Kier alpha value is -1.07. The number of aliphatic imine (C=N–C) groups is 1. The van der Waals surface area contributed by atoms with Crippen LogP contribution < -0.4 is 5.32 Å². The lowest BCUT2D eigenvalue weighted by Gasteiger charge is -2.34. The highest BCUT2D eigenvalue weighted by Crippen LogP contribution is 2.17. The average Bonchev–Trinajstić information content (AvgIpc) is 2.54. The molecule has 1 aromatic carbocycles. The summed E-state index contributed by atoms with van der Waals surface area (Å²) in [6.45, 7) is 10.8. The fraction of sp³-hybridized carbons (Fsp3) is 0.611. The molecular formula is C18H28BrN3O. The van der Waals surface area contributed by atoms with Gasteiger partial charge < -0.3 is 15.0 Å². The number of rotatable bonds is 5. The van der Waals surface area contributed by atoms with Crippen LogP contribution in [0.3, 0.4) is 0 Å². The summed E-state index contributed by atoms with van der Waals surface area (Å²) in [6.07, 6.45) is 2.57. The molecule has 1 aromatic rings. The van der Waals surface area contributed by atoms with Gasteiger partial charge in [-0.1, -0.05) is 22.0 Å². The van der Waals surface area contributed by atoms with Gasteiger partial charge >= 0.3 is 0 Å². The van der Waals surface area contributed by atoms with Crippen molar-refractivity contribution in [2.75, 3.05) is 26.2 Å². The molecule has 0 unspecified atom stereocenters. The summed E-state index contributed by atoms with van der Waals surface area (Å²) < 4.78 is 6.85. The van der Waals surface area contributed by atoms with Gasteiger partial charge in [-0.05, 0) is 56.9 Å². The second kappa shape index (κ2) is 9.28. The van der Waals surface area contributed by atoms with Crippen LogP contribution in [0.25, 0.3) is 0 Å². The van der Waals surface area contributed by atoms with Gasteiger partial charge in [0.25, 0.3) is 0 Å². The van der Waals surface area contributed by atoms with Crippen LogP contribution in [0.4, 0.5) is 0 Å². The minimum atomic E-state index is 0.410. The standard InChI is InChI=1S/C18H28BrN3O/c1-4-20-18(22-10-8-17(9-11-22)23-5-2)21-13-15-6-7-16(19)12-14(15)3/h6-7,12,17H,4-5,8-11,13H2,1-3H3,(H,20,21). The molecule has 0 saturated carbocycles. The Bertz CT molecular complexity index is 525. The largest absolute Gasteiger partial charge is 0.378 e. The van der Waals surface area contributed by atoms with Crippen molar-refractivity contribution in [1.29, 1.82) is 0 Å². The van der Waals surface area contributed by atoms with Gasteiger partial charge in [-0.3, -0.25) is 0 Å². The molecule has 2 rings (SSSR count). The molecule has 0 aliphatic carbocycles. The molecule has 0 spiro atoms. The number of halogens is 1. The van der Waals surface area contributed by atoms with Gasteiger partial charge in [0.2, 0.25) is 0 Å². The highest BCUT2D eigenvalue weighted by molar-refractivity contribution is 9.10. The topological polar surface area (TPSA) is 36.9 Å². The molecule has 0 bridgehead atoms. The number of likely N-dealkylation sites (tertiary alicyclic amines) is 1. The van der Waals surface area contributed by atoms with Gasteiger partial charge in [0.15, 0.2) is 5.96 Å². The number of nitrogens with one attached hydrogen (secondary N) is 1. The quantitative estimate of drug-likeness (QED) is 0.623. The van der Waals surface area contributed by atoms with Crippen molar-refractivity contribution >= 4 is 21.9 Å². The van der Waals surface area contributed by atoms with Gasteiger partial charge in [0, 0.05) is 30.7 Å². The average molecular weight is 382 g/mol. The third-order valence-corrected chi connectivity index (χ3v) is 4.68. The van der Waals surface area contributed by atoms with Crippen LogP contribution >= 0.6 is 15.9 Å². The van der Waals surface area contributed by atoms with Gasteiger partial charge in [-0.2, -0.15) is 0 Å². The predicted octanol–water partition coefficient (Wildman–Crippen LogP) is 3.72. The number of piperidine rings is 1.